The highest BCUT2D eigenvalue weighted by Gasteiger charge is 2.28. The standard InChI is InChI=1S/C27H41N3O2/c1-4-5-9-25-26(23-8-6-7-10-24(23)32-25)27(31)29(3)18-11-21-12-19-30(20-13-21)22-14-16-28(2)17-15-22/h6-8,10,21-22H,4-5,9,11-20H2,1-3H3. The molecular formula is C27H41N3O2. The fourth-order valence-corrected chi connectivity index (χ4v) is 5.48. The number of carbonyl (C=O) groups is 1. The Morgan fingerprint density at radius 1 is 1.09 bits per heavy atom. The van der Waals surface area contributed by atoms with Crippen LogP contribution in [0.5, 0.6) is 0 Å². The number of likely N-dealkylation sites (tertiary alicyclic amines) is 2. The number of rotatable bonds is 8. The SMILES string of the molecule is CCCCc1oc2ccccc2c1C(=O)N(C)CCC1CCN(C2CCN(C)CC2)CC1. The first kappa shape index (κ1) is 23.3. The second kappa shape index (κ2) is 10.8. The number of hydrogen-bond acceptors (Lipinski definition) is 4. The lowest BCUT2D eigenvalue weighted by Gasteiger charge is -2.41. The van der Waals surface area contributed by atoms with Crippen LogP contribution in [-0.2, 0) is 6.42 Å². The molecule has 5 nitrogen and oxygen atoms in total. The molecule has 0 N–H and O–H groups in total. The highest BCUT2D eigenvalue weighted by Crippen LogP contribution is 2.29. The van der Waals surface area contributed by atoms with Crippen molar-refractivity contribution < 1.29 is 9.21 Å². The van der Waals surface area contributed by atoms with Crippen LogP contribution in [0.1, 0.15) is 68.0 Å². The van der Waals surface area contributed by atoms with Crippen LogP contribution in [0.3, 0.4) is 0 Å². The molecule has 1 aromatic carbocycles. The number of furan rings is 1. The Kier molecular flexibility index (Phi) is 7.90. The average Bonchev–Trinajstić information content (AvgIpc) is 3.20. The molecule has 2 fully saturated rings. The maximum Gasteiger partial charge on any atom is 0.257 e. The lowest BCUT2D eigenvalue weighted by atomic mass is 9.91. The molecule has 176 valence electrons. The summed E-state index contributed by atoms with van der Waals surface area (Å²) in [6.07, 6.45) is 9.24. The Morgan fingerprint density at radius 3 is 2.53 bits per heavy atom. The predicted octanol–water partition coefficient (Wildman–Crippen LogP) is 5.04. The zero-order valence-corrected chi connectivity index (χ0v) is 20.3. The van der Waals surface area contributed by atoms with Crippen molar-refractivity contribution in [2.45, 2.75) is 64.3 Å². The number of para-hydroxylation sites is 1. The fraction of sp³-hybridized carbons (Fsp3) is 0.667. The summed E-state index contributed by atoms with van der Waals surface area (Å²) in [6, 6.07) is 8.75. The molecule has 0 spiro atoms. The van der Waals surface area contributed by atoms with Crippen LogP contribution in [-0.4, -0.2) is 73.5 Å². The monoisotopic (exact) mass is 439 g/mol. The molecule has 1 aromatic heterocycles. The number of carbonyl (C=O) groups excluding carboxylic acids is 1. The molecule has 0 saturated carbocycles. The Bertz CT molecular complexity index is 876. The van der Waals surface area contributed by atoms with Gasteiger partial charge in [0.05, 0.1) is 5.56 Å². The van der Waals surface area contributed by atoms with Crippen LogP contribution in [0.15, 0.2) is 28.7 Å². The first-order chi connectivity index (χ1) is 15.6. The molecule has 3 heterocycles. The zero-order valence-electron chi connectivity index (χ0n) is 20.3. The molecule has 5 heteroatoms. The number of unbranched alkanes of at least 4 members (excludes halogenated alkanes) is 1. The first-order valence-corrected chi connectivity index (χ1v) is 12.7. The summed E-state index contributed by atoms with van der Waals surface area (Å²) in [5, 5.41) is 0.960. The van der Waals surface area contributed by atoms with Crippen molar-refractivity contribution in [1.29, 1.82) is 0 Å². The fourth-order valence-electron chi connectivity index (χ4n) is 5.48. The van der Waals surface area contributed by atoms with E-state index in [-0.39, 0.29) is 5.91 Å². The Labute approximate surface area is 193 Å². The van der Waals surface area contributed by atoms with E-state index in [9.17, 15) is 4.79 Å². The van der Waals surface area contributed by atoms with Gasteiger partial charge >= 0.3 is 0 Å². The average molecular weight is 440 g/mol. The van der Waals surface area contributed by atoms with Crippen LogP contribution < -0.4 is 0 Å². The van der Waals surface area contributed by atoms with Gasteiger partial charge in [-0.1, -0.05) is 31.5 Å². The molecule has 2 aliphatic heterocycles. The summed E-state index contributed by atoms with van der Waals surface area (Å²) in [4.78, 5) is 20.5. The van der Waals surface area contributed by atoms with E-state index in [0.717, 1.165) is 66.5 Å². The highest BCUT2D eigenvalue weighted by atomic mass is 16.3. The van der Waals surface area contributed by atoms with Gasteiger partial charge in [-0.2, -0.15) is 0 Å². The van der Waals surface area contributed by atoms with Gasteiger partial charge in [0.2, 0.25) is 0 Å². The second-order valence-corrected chi connectivity index (χ2v) is 10.0. The summed E-state index contributed by atoms with van der Waals surface area (Å²) in [5.74, 6) is 1.70. The molecule has 0 aliphatic carbocycles. The van der Waals surface area contributed by atoms with Gasteiger partial charge in [-0.15, -0.1) is 0 Å². The highest BCUT2D eigenvalue weighted by molar-refractivity contribution is 6.07. The molecule has 2 saturated heterocycles. The molecule has 2 aliphatic rings. The Balaban J connectivity index is 1.31. The number of piperidine rings is 2. The minimum atomic E-state index is 0.116. The lowest BCUT2D eigenvalue weighted by molar-refractivity contribution is 0.0726. The molecule has 32 heavy (non-hydrogen) atoms. The van der Waals surface area contributed by atoms with Crippen LogP contribution in [0.2, 0.25) is 0 Å². The van der Waals surface area contributed by atoms with Crippen molar-refractivity contribution in [2.75, 3.05) is 46.8 Å². The van der Waals surface area contributed by atoms with E-state index in [4.69, 9.17) is 4.42 Å². The molecule has 4 rings (SSSR count). The number of aryl methyl sites for hydroxylation is 1. The topological polar surface area (TPSA) is 39.9 Å². The quantitative estimate of drug-likeness (QED) is 0.577. The van der Waals surface area contributed by atoms with Gasteiger partial charge < -0.3 is 19.1 Å². The van der Waals surface area contributed by atoms with Gasteiger partial charge in [0.1, 0.15) is 11.3 Å². The lowest BCUT2D eigenvalue weighted by Crippen LogP contribution is -2.47. The normalized spacial score (nSPS) is 19.6. The molecule has 2 aromatic rings. The molecule has 0 unspecified atom stereocenters. The van der Waals surface area contributed by atoms with E-state index >= 15 is 0 Å². The maximum absolute atomic E-state index is 13.4. The van der Waals surface area contributed by atoms with Crippen LogP contribution in [0.25, 0.3) is 11.0 Å². The van der Waals surface area contributed by atoms with E-state index in [1.807, 2.05) is 36.2 Å². The zero-order chi connectivity index (χ0) is 22.5. The summed E-state index contributed by atoms with van der Waals surface area (Å²) < 4.78 is 6.09. The number of amides is 1. The van der Waals surface area contributed by atoms with Crippen LogP contribution in [0.4, 0.5) is 0 Å². The molecule has 0 atom stereocenters. The largest absolute Gasteiger partial charge is 0.460 e. The van der Waals surface area contributed by atoms with Gasteiger partial charge in [-0.25, -0.2) is 0 Å². The summed E-state index contributed by atoms with van der Waals surface area (Å²) in [6.45, 7) is 7.92. The molecule has 0 bridgehead atoms. The van der Waals surface area contributed by atoms with E-state index in [2.05, 4.69) is 23.8 Å². The molecule has 1 amide bonds. The van der Waals surface area contributed by atoms with Gasteiger partial charge in [-0.05, 0) is 83.7 Å². The first-order valence-electron chi connectivity index (χ1n) is 12.7. The van der Waals surface area contributed by atoms with Gasteiger partial charge in [0, 0.05) is 31.4 Å². The van der Waals surface area contributed by atoms with E-state index in [1.54, 1.807) is 0 Å². The second-order valence-electron chi connectivity index (χ2n) is 10.0. The van der Waals surface area contributed by atoms with E-state index < -0.39 is 0 Å². The summed E-state index contributed by atoms with van der Waals surface area (Å²) >= 11 is 0. The van der Waals surface area contributed by atoms with Gasteiger partial charge in [0.25, 0.3) is 5.91 Å². The maximum atomic E-state index is 13.4. The predicted molar refractivity (Wildman–Crippen MR) is 131 cm³/mol. The Morgan fingerprint density at radius 2 is 1.81 bits per heavy atom. The minimum Gasteiger partial charge on any atom is -0.460 e. The van der Waals surface area contributed by atoms with Gasteiger partial charge in [-0.3, -0.25) is 4.79 Å². The van der Waals surface area contributed by atoms with Crippen molar-refractivity contribution in [2.24, 2.45) is 5.92 Å². The van der Waals surface area contributed by atoms with Crippen molar-refractivity contribution in [1.82, 2.24) is 14.7 Å². The summed E-state index contributed by atoms with van der Waals surface area (Å²) in [5.41, 5.74) is 1.62. The third-order valence-corrected chi connectivity index (χ3v) is 7.71. The van der Waals surface area contributed by atoms with Crippen molar-refractivity contribution in [3.8, 4) is 0 Å². The number of hydrogen-bond donors (Lipinski definition) is 0. The van der Waals surface area contributed by atoms with Crippen LogP contribution in [0, 0.1) is 5.92 Å². The third kappa shape index (κ3) is 5.37. The number of fused-ring (bicyclic) bond motifs is 1. The Hall–Kier alpha value is -1.85. The van der Waals surface area contributed by atoms with Crippen LogP contribution >= 0.6 is 0 Å². The summed E-state index contributed by atoms with van der Waals surface area (Å²) in [7, 11) is 4.20. The smallest absolute Gasteiger partial charge is 0.257 e. The minimum absolute atomic E-state index is 0.116. The molecular weight excluding hydrogens is 398 g/mol. The number of benzene rings is 1. The van der Waals surface area contributed by atoms with E-state index in [0.29, 0.717) is 0 Å². The third-order valence-electron chi connectivity index (χ3n) is 7.71. The van der Waals surface area contributed by atoms with Gasteiger partial charge in [0.15, 0.2) is 0 Å². The van der Waals surface area contributed by atoms with Crippen molar-refractivity contribution >= 4 is 16.9 Å². The van der Waals surface area contributed by atoms with Crippen molar-refractivity contribution in [3.05, 3.63) is 35.6 Å². The van der Waals surface area contributed by atoms with E-state index in [1.165, 1.54) is 51.9 Å². The molecule has 0 radical (unpaired) electrons. The van der Waals surface area contributed by atoms with Crippen molar-refractivity contribution in [3.63, 3.8) is 0 Å². The number of nitrogens with zero attached hydrogens (tertiary/aromatic N) is 3.